The lowest BCUT2D eigenvalue weighted by Crippen LogP contribution is -2.24. The molecule has 0 bridgehead atoms. The Balaban J connectivity index is 2.37. The molecule has 1 fully saturated rings. The second-order valence-electron chi connectivity index (χ2n) is 3.93. The highest BCUT2D eigenvalue weighted by molar-refractivity contribution is 5.33. The van der Waals surface area contributed by atoms with E-state index in [2.05, 4.69) is 0 Å². The van der Waals surface area contributed by atoms with Crippen molar-refractivity contribution >= 4 is 0 Å². The number of aliphatic hydroxyl groups excluding tert-OH is 1. The summed E-state index contributed by atoms with van der Waals surface area (Å²) < 4.78 is 42.5. The van der Waals surface area contributed by atoms with E-state index < -0.39 is 23.4 Å². The van der Waals surface area contributed by atoms with E-state index in [0.29, 0.717) is 5.56 Å². The van der Waals surface area contributed by atoms with Gasteiger partial charge in [0.05, 0.1) is 18.3 Å². The number of halogens is 3. The van der Waals surface area contributed by atoms with Gasteiger partial charge in [-0.25, -0.2) is 0 Å². The minimum atomic E-state index is -4.37. The topological polar surface area (TPSA) is 32.8 Å². The summed E-state index contributed by atoms with van der Waals surface area (Å²) in [5.41, 5.74) is -1.29. The Hall–Kier alpha value is -1.07. The maximum Gasteiger partial charge on any atom is 0.416 e. The van der Waals surface area contributed by atoms with Gasteiger partial charge in [-0.2, -0.15) is 13.2 Å². The molecule has 2 unspecified atom stereocenters. The number of epoxide rings is 1. The van der Waals surface area contributed by atoms with E-state index >= 15 is 0 Å². The Morgan fingerprint density at radius 3 is 2.50 bits per heavy atom. The minimum Gasteiger partial charge on any atom is -0.390 e. The second kappa shape index (κ2) is 3.46. The molecular formula is C11H11F3O2. The molecule has 0 aromatic heterocycles. The fourth-order valence-electron chi connectivity index (χ4n) is 1.69. The summed E-state index contributed by atoms with van der Waals surface area (Å²) >= 11 is 0. The molecule has 1 N–H and O–H groups in total. The first kappa shape index (κ1) is 11.4. The van der Waals surface area contributed by atoms with Crippen LogP contribution >= 0.6 is 0 Å². The third-order valence-electron chi connectivity index (χ3n) is 2.81. The van der Waals surface area contributed by atoms with E-state index in [9.17, 15) is 18.3 Å². The smallest absolute Gasteiger partial charge is 0.390 e. The Kier molecular flexibility index (Phi) is 2.47. The molecule has 0 aliphatic carbocycles. The minimum absolute atomic E-state index is 0.256. The van der Waals surface area contributed by atoms with Gasteiger partial charge >= 0.3 is 6.18 Å². The maximum atomic E-state index is 12.5. The number of hydrogen-bond donors (Lipinski definition) is 1. The Morgan fingerprint density at radius 2 is 2.06 bits per heavy atom. The van der Waals surface area contributed by atoms with Crippen LogP contribution in [-0.2, 0) is 16.5 Å². The molecular weight excluding hydrogens is 221 g/mol. The van der Waals surface area contributed by atoms with Crippen molar-refractivity contribution in [3.8, 4) is 0 Å². The van der Waals surface area contributed by atoms with Crippen molar-refractivity contribution in [2.45, 2.75) is 24.8 Å². The van der Waals surface area contributed by atoms with Crippen molar-refractivity contribution in [3.63, 3.8) is 0 Å². The molecule has 1 saturated heterocycles. The second-order valence-corrected chi connectivity index (χ2v) is 3.93. The molecule has 0 amide bonds. The molecule has 88 valence electrons. The van der Waals surface area contributed by atoms with Gasteiger partial charge in [0.15, 0.2) is 0 Å². The third kappa shape index (κ3) is 1.81. The Bertz CT molecular complexity index is 394. The highest BCUT2D eigenvalue weighted by atomic mass is 19.4. The largest absolute Gasteiger partial charge is 0.416 e. The highest BCUT2D eigenvalue weighted by Crippen LogP contribution is 2.43. The predicted molar refractivity (Wildman–Crippen MR) is 50.8 cm³/mol. The molecule has 1 aliphatic rings. The highest BCUT2D eigenvalue weighted by Gasteiger charge is 2.51. The first-order chi connectivity index (χ1) is 7.36. The average Bonchev–Trinajstić information content (AvgIpc) is 2.97. The van der Waals surface area contributed by atoms with Gasteiger partial charge in [0.25, 0.3) is 0 Å². The van der Waals surface area contributed by atoms with Gasteiger partial charge in [0.2, 0.25) is 0 Å². The Morgan fingerprint density at radius 1 is 1.44 bits per heavy atom. The summed E-state index contributed by atoms with van der Waals surface area (Å²) in [5.74, 6) is 0. The van der Waals surface area contributed by atoms with Crippen molar-refractivity contribution in [2.24, 2.45) is 0 Å². The zero-order valence-corrected chi connectivity index (χ0v) is 8.58. The summed E-state index contributed by atoms with van der Waals surface area (Å²) in [6.07, 6.45) is -5.19. The van der Waals surface area contributed by atoms with Gasteiger partial charge in [-0.15, -0.1) is 0 Å². The van der Waals surface area contributed by atoms with Crippen molar-refractivity contribution < 1.29 is 23.0 Å². The molecule has 5 heteroatoms. The third-order valence-corrected chi connectivity index (χ3v) is 2.81. The zero-order chi connectivity index (χ0) is 12.0. The molecule has 0 saturated carbocycles. The van der Waals surface area contributed by atoms with Crippen LogP contribution in [0.3, 0.4) is 0 Å². The van der Waals surface area contributed by atoms with E-state index in [1.807, 2.05) is 0 Å². The quantitative estimate of drug-likeness (QED) is 0.793. The van der Waals surface area contributed by atoms with Crippen LogP contribution in [0.15, 0.2) is 24.3 Å². The first-order valence-electron chi connectivity index (χ1n) is 4.86. The fraction of sp³-hybridized carbons (Fsp3) is 0.455. The summed E-state index contributed by atoms with van der Waals surface area (Å²) in [5, 5.41) is 9.48. The van der Waals surface area contributed by atoms with E-state index in [1.54, 1.807) is 0 Å². The van der Waals surface area contributed by atoms with Crippen molar-refractivity contribution in [1.29, 1.82) is 0 Å². The van der Waals surface area contributed by atoms with Gasteiger partial charge in [-0.3, -0.25) is 0 Å². The molecule has 16 heavy (non-hydrogen) atoms. The van der Waals surface area contributed by atoms with Crippen LogP contribution in [0, 0.1) is 0 Å². The maximum absolute atomic E-state index is 12.5. The van der Waals surface area contributed by atoms with Gasteiger partial charge in [0.1, 0.15) is 5.60 Å². The lowest BCUT2D eigenvalue weighted by molar-refractivity contribution is -0.137. The van der Waals surface area contributed by atoms with Crippen LogP contribution < -0.4 is 0 Å². The van der Waals surface area contributed by atoms with E-state index in [-0.39, 0.29) is 6.61 Å². The van der Waals surface area contributed by atoms with E-state index in [1.165, 1.54) is 19.1 Å². The molecule has 0 spiro atoms. The van der Waals surface area contributed by atoms with E-state index in [0.717, 1.165) is 12.1 Å². The number of ether oxygens (including phenoxy) is 1. The number of rotatable bonds is 2. The molecule has 1 aliphatic heterocycles. The fourth-order valence-corrected chi connectivity index (χ4v) is 1.69. The average molecular weight is 232 g/mol. The molecule has 2 rings (SSSR count). The standard InChI is InChI=1S/C11H11F3O2/c1-7(15)10(6-16-10)8-3-2-4-9(5-8)11(12,13)14/h2-5,7,15H,6H2,1H3. The molecule has 1 aromatic carbocycles. The van der Waals surface area contributed by atoms with Crippen molar-refractivity contribution in [3.05, 3.63) is 35.4 Å². The van der Waals surface area contributed by atoms with Crippen LogP contribution in [0.25, 0.3) is 0 Å². The predicted octanol–water partition coefficient (Wildman–Crippen LogP) is 2.31. The van der Waals surface area contributed by atoms with Gasteiger partial charge in [0, 0.05) is 0 Å². The van der Waals surface area contributed by atoms with Crippen molar-refractivity contribution in [1.82, 2.24) is 0 Å². The normalized spacial score (nSPS) is 26.6. The van der Waals surface area contributed by atoms with Crippen LogP contribution in [0.1, 0.15) is 18.1 Å². The summed E-state index contributed by atoms with van der Waals surface area (Å²) in [6, 6.07) is 4.89. The van der Waals surface area contributed by atoms with Crippen LogP contribution in [0.2, 0.25) is 0 Å². The van der Waals surface area contributed by atoms with E-state index in [4.69, 9.17) is 4.74 Å². The summed E-state index contributed by atoms with van der Waals surface area (Å²) in [4.78, 5) is 0. The monoisotopic (exact) mass is 232 g/mol. The Labute approximate surface area is 90.7 Å². The number of benzene rings is 1. The van der Waals surface area contributed by atoms with Crippen LogP contribution in [0.5, 0.6) is 0 Å². The first-order valence-corrected chi connectivity index (χ1v) is 4.86. The number of hydrogen-bond acceptors (Lipinski definition) is 2. The molecule has 0 radical (unpaired) electrons. The lowest BCUT2D eigenvalue weighted by atomic mass is 9.93. The molecule has 2 nitrogen and oxygen atoms in total. The molecule has 2 atom stereocenters. The summed E-state index contributed by atoms with van der Waals surface area (Å²) in [7, 11) is 0. The van der Waals surface area contributed by atoms with Gasteiger partial charge in [-0.05, 0) is 24.6 Å². The zero-order valence-electron chi connectivity index (χ0n) is 8.58. The van der Waals surface area contributed by atoms with Gasteiger partial charge < -0.3 is 9.84 Å². The SMILES string of the molecule is CC(O)C1(c2cccc(C(F)(F)F)c2)CO1. The molecule has 1 aromatic rings. The van der Waals surface area contributed by atoms with Crippen molar-refractivity contribution in [2.75, 3.05) is 6.61 Å². The molecule has 1 heterocycles. The number of aliphatic hydroxyl groups is 1. The number of alkyl halides is 3. The van der Waals surface area contributed by atoms with Crippen LogP contribution in [0.4, 0.5) is 13.2 Å². The summed E-state index contributed by atoms with van der Waals surface area (Å²) in [6.45, 7) is 1.76. The van der Waals surface area contributed by atoms with Gasteiger partial charge in [-0.1, -0.05) is 12.1 Å². The van der Waals surface area contributed by atoms with Crippen LogP contribution in [-0.4, -0.2) is 17.8 Å². The lowest BCUT2D eigenvalue weighted by Gasteiger charge is -2.17.